The largest absolute Gasteiger partial charge is 0.348 e. The number of carbonyl (C=O) groups is 1. The Balaban J connectivity index is 1.97. The van der Waals surface area contributed by atoms with E-state index in [0.717, 1.165) is 12.8 Å². The number of aromatic nitrogens is 2. The number of hydrogen-bond acceptors (Lipinski definition) is 2. The fourth-order valence-electron chi connectivity index (χ4n) is 2.39. The van der Waals surface area contributed by atoms with Crippen LogP contribution in [0.5, 0.6) is 0 Å². The van der Waals surface area contributed by atoms with Crippen molar-refractivity contribution in [2.75, 3.05) is 0 Å². The van der Waals surface area contributed by atoms with Crippen LogP contribution in [0.4, 0.5) is 0 Å². The molecule has 1 saturated carbocycles. The van der Waals surface area contributed by atoms with E-state index >= 15 is 0 Å². The van der Waals surface area contributed by atoms with E-state index in [1.54, 1.807) is 17.1 Å². The maximum absolute atomic E-state index is 11.9. The molecule has 16 heavy (non-hydrogen) atoms. The van der Waals surface area contributed by atoms with Gasteiger partial charge in [0.1, 0.15) is 5.69 Å². The van der Waals surface area contributed by atoms with Crippen LogP contribution in [-0.2, 0) is 7.05 Å². The van der Waals surface area contributed by atoms with Crippen molar-refractivity contribution in [3.63, 3.8) is 0 Å². The second-order valence-electron chi connectivity index (χ2n) is 5.47. The molecule has 1 aromatic heterocycles. The highest BCUT2D eigenvalue weighted by molar-refractivity contribution is 5.92. The van der Waals surface area contributed by atoms with Crippen LogP contribution in [0.2, 0.25) is 0 Å². The topological polar surface area (TPSA) is 46.9 Å². The summed E-state index contributed by atoms with van der Waals surface area (Å²) in [5, 5.41) is 3.08. The van der Waals surface area contributed by atoms with Gasteiger partial charge in [0, 0.05) is 13.1 Å². The molecule has 0 saturated heterocycles. The van der Waals surface area contributed by atoms with Gasteiger partial charge in [0.25, 0.3) is 5.91 Å². The number of hydrogen-bond donors (Lipinski definition) is 1. The van der Waals surface area contributed by atoms with Crippen LogP contribution in [0.15, 0.2) is 12.5 Å². The third-order valence-corrected chi connectivity index (χ3v) is 3.35. The van der Waals surface area contributed by atoms with Gasteiger partial charge >= 0.3 is 0 Å². The van der Waals surface area contributed by atoms with Crippen LogP contribution in [0.3, 0.4) is 0 Å². The van der Waals surface area contributed by atoms with Gasteiger partial charge < -0.3 is 9.88 Å². The molecule has 1 N–H and O–H groups in total. The predicted octanol–water partition coefficient (Wildman–Crippen LogP) is 1.73. The van der Waals surface area contributed by atoms with Gasteiger partial charge in [-0.25, -0.2) is 4.98 Å². The van der Waals surface area contributed by atoms with Crippen molar-refractivity contribution in [2.24, 2.45) is 12.5 Å². The summed E-state index contributed by atoms with van der Waals surface area (Å²) in [6, 6.07) is 0.317. The first kappa shape index (κ1) is 11.2. The maximum atomic E-state index is 11.9. The molecule has 1 aromatic rings. The zero-order valence-corrected chi connectivity index (χ0v) is 10.2. The highest BCUT2D eigenvalue weighted by Gasteiger charge is 2.32. The van der Waals surface area contributed by atoms with E-state index in [2.05, 4.69) is 24.1 Å². The van der Waals surface area contributed by atoms with E-state index in [1.165, 1.54) is 6.42 Å². The molecular formula is C12H19N3O. The molecule has 0 aliphatic heterocycles. The quantitative estimate of drug-likeness (QED) is 0.826. The molecule has 0 radical (unpaired) electrons. The normalized spacial score (nSPS) is 23.3. The second-order valence-corrected chi connectivity index (χ2v) is 5.47. The van der Waals surface area contributed by atoms with Gasteiger partial charge in [-0.1, -0.05) is 13.8 Å². The molecule has 1 fully saturated rings. The summed E-state index contributed by atoms with van der Waals surface area (Å²) in [5.41, 5.74) is 0.995. The molecule has 88 valence electrons. The number of rotatable bonds is 2. The van der Waals surface area contributed by atoms with Crippen molar-refractivity contribution >= 4 is 5.91 Å². The van der Waals surface area contributed by atoms with E-state index in [-0.39, 0.29) is 5.91 Å². The fraction of sp³-hybridized carbons (Fsp3) is 0.667. The Morgan fingerprint density at radius 3 is 2.88 bits per heavy atom. The van der Waals surface area contributed by atoms with E-state index in [9.17, 15) is 4.79 Å². The van der Waals surface area contributed by atoms with E-state index in [0.29, 0.717) is 17.2 Å². The van der Waals surface area contributed by atoms with Gasteiger partial charge in [-0.15, -0.1) is 0 Å². The van der Waals surface area contributed by atoms with Gasteiger partial charge in [-0.05, 0) is 24.7 Å². The molecule has 0 aromatic carbocycles. The summed E-state index contributed by atoms with van der Waals surface area (Å²) >= 11 is 0. The molecule has 1 heterocycles. The summed E-state index contributed by atoms with van der Waals surface area (Å²) in [6.45, 7) is 4.51. The average Bonchev–Trinajstić information content (AvgIpc) is 2.72. The van der Waals surface area contributed by atoms with Gasteiger partial charge in [-0.2, -0.15) is 0 Å². The van der Waals surface area contributed by atoms with Crippen LogP contribution in [0, 0.1) is 5.41 Å². The first-order valence-electron chi connectivity index (χ1n) is 5.75. The molecular weight excluding hydrogens is 202 g/mol. The molecule has 1 amide bonds. The Labute approximate surface area is 96.1 Å². The Bertz CT molecular complexity index is 395. The summed E-state index contributed by atoms with van der Waals surface area (Å²) < 4.78 is 1.75. The standard InChI is InChI=1S/C12H19N3O/c1-12(2)5-4-9(6-12)14-11(16)10-7-13-8-15(10)3/h7-9H,4-6H2,1-3H3,(H,14,16). The summed E-state index contributed by atoms with van der Waals surface area (Å²) in [4.78, 5) is 15.9. The Kier molecular flexibility index (Phi) is 2.74. The number of carbonyl (C=O) groups excluding carboxylic acids is 1. The molecule has 2 rings (SSSR count). The highest BCUT2D eigenvalue weighted by atomic mass is 16.2. The van der Waals surface area contributed by atoms with Gasteiger partial charge in [-0.3, -0.25) is 4.79 Å². The van der Waals surface area contributed by atoms with Crippen molar-refractivity contribution in [1.82, 2.24) is 14.9 Å². The molecule has 4 heteroatoms. The second kappa shape index (κ2) is 3.92. The van der Waals surface area contributed by atoms with Gasteiger partial charge in [0.05, 0.1) is 12.5 Å². The number of aryl methyl sites for hydroxylation is 1. The number of nitrogens with zero attached hydrogens (tertiary/aromatic N) is 2. The molecule has 1 aliphatic carbocycles. The first-order valence-corrected chi connectivity index (χ1v) is 5.75. The highest BCUT2D eigenvalue weighted by Crippen LogP contribution is 2.36. The average molecular weight is 221 g/mol. The molecule has 1 aliphatic rings. The van der Waals surface area contributed by atoms with Crippen LogP contribution < -0.4 is 5.32 Å². The molecule has 1 atom stereocenters. The summed E-state index contributed by atoms with van der Waals surface area (Å²) in [5.74, 6) is -0.0114. The Hall–Kier alpha value is -1.32. The van der Waals surface area contributed by atoms with Crippen molar-refractivity contribution in [3.8, 4) is 0 Å². The number of amides is 1. The third-order valence-electron chi connectivity index (χ3n) is 3.35. The van der Waals surface area contributed by atoms with E-state index in [1.807, 2.05) is 7.05 Å². The zero-order valence-electron chi connectivity index (χ0n) is 10.2. The lowest BCUT2D eigenvalue weighted by Gasteiger charge is -2.17. The fourth-order valence-corrected chi connectivity index (χ4v) is 2.39. The van der Waals surface area contributed by atoms with Gasteiger partial charge in [0.2, 0.25) is 0 Å². The van der Waals surface area contributed by atoms with Crippen molar-refractivity contribution in [1.29, 1.82) is 0 Å². The minimum Gasteiger partial charge on any atom is -0.348 e. The first-order chi connectivity index (χ1) is 7.48. The lowest BCUT2D eigenvalue weighted by Crippen LogP contribution is -2.34. The molecule has 0 bridgehead atoms. The number of imidazole rings is 1. The van der Waals surface area contributed by atoms with Crippen LogP contribution >= 0.6 is 0 Å². The maximum Gasteiger partial charge on any atom is 0.269 e. The molecule has 0 spiro atoms. The SMILES string of the molecule is Cn1cncc1C(=O)NC1CCC(C)(C)C1. The summed E-state index contributed by atoms with van der Waals surface area (Å²) in [7, 11) is 1.83. The van der Waals surface area contributed by atoms with Crippen LogP contribution in [0.1, 0.15) is 43.6 Å². The lowest BCUT2D eigenvalue weighted by atomic mass is 9.92. The summed E-state index contributed by atoms with van der Waals surface area (Å²) in [6.07, 6.45) is 6.58. The predicted molar refractivity (Wildman–Crippen MR) is 62.1 cm³/mol. The van der Waals surface area contributed by atoms with Crippen molar-refractivity contribution < 1.29 is 4.79 Å². The van der Waals surface area contributed by atoms with Crippen LogP contribution in [-0.4, -0.2) is 21.5 Å². The minimum atomic E-state index is -0.0114. The van der Waals surface area contributed by atoms with Crippen molar-refractivity contribution in [3.05, 3.63) is 18.2 Å². The monoisotopic (exact) mass is 221 g/mol. The molecule has 4 nitrogen and oxygen atoms in total. The number of nitrogens with one attached hydrogen (secondary N) is 1. The van der Waals surface area contributed by atoms with E-state index < -0.39 is 0 Å². The Morgan fingerprint density at radius 1 is 1.62 bits per heavy atom. The zero-order chi connectivity index (χ0) is 11.8. The third kappa shape index (κ3) is 2.26. The smallest absolute Gasteiger partial charge is 0.269 e. The minimum absolute atomic E-state index is 0.0114. The van der Waals surface area contributed by atoms with E-state index in [4.69, 9.17) is 0 Å². The Morgan fingerprint density at radius 2 is 2.38 bits per heavy atom. The lowest BCUT2D eigenvalue weighted by molar-refractivity contribution is 0.0928. The van der Waals surface area contributed by atoms with Crippen LogP contribution in [0.25, 0.3) is 0 Å². The molecule has 1 unspecified atom stereocenters. The van der Waals surface area contributed by atoms with Gasteiger partial charge in [0.15, 0.2) is 0 Å². The van der Waals surface area contributed by atoms with Crippen molar-refractivity contribution in [2.45, 2.75) is 39.2 Å².